The number of rotatable bonds is 1. The summed E-state index contributed by atoms with van der Waals surface area (Å²) in [5, 5.41) is 18.6. The van der Waals surface area contributed by atoms with Gasteiger partial charge in [0.1, 0.15) is 5.56 Å². The number of carboxylic acids is 1. The zero-order valence-electron chi connectivity index (χ0n) is 6.52. The smallest absolute Gasteiger partial charge is 0.341 e. The van der Waals surface area contributed by atoms with E-state index in [0.29, 0.717) is 5.39 Å². The SMILES string of the molecule is O=C(O)c1c(O)sc2ccccc12. The van der Waals surface area contributed by atoms with Crippen LogP contribution in [0.4, 0.5) is 0 Å². The molecule has 0 spiro atoms. The van der Waals surface area contributed by atoms with Crippen LogP contribution in [0.3, 0.4) is 0 Å². The minimum atomic E-state index is -1.09. The van der Waals surface area contributed by atoms with Crippen molar-refractivity contribution in [3.63, 3.8) is 0 Å². The normalized spacial score (nSPS) is 10.5. The molecule has 0 saturated heterocycles. The highest BCUT2D eigenvalue weighted by molar-refractivity contribution is 7.21. The van der Waals surface area contributed by atoms with Crippen LogP contribution in [0.1, 0.15) is 10.4 Å². The quantitative estimate of drug-likeness (QED) is 0.732. The molecule has 0 radical (unpaired) electrons. The van der Waals surface area contributed by atoms with Crippen LogP contribution >= 0.6 is 11.3 Å². The van der Waals surface area contributed by atoms with Gasteiger partial charge in [-0.1, -0.05) is 29.5 Å². The van der Waals surface area contributed by atoms with Gasteiger partial charge in [0, 0.05) is 10.1 Å². The third-order valence-corrected chi connectivity index (χ3v) is 2.76. The molecule has 4 heteroatoms. The molecule has 1 heterocycles. The Morgan fingerprint density at radius 3 is 2.69 bits per heavy atom. The number of fused-ring (bicyclic) bond motifs is 1. The Hall–Kier alpha value is -1.55. The topological polar surface area (TPSA) is 57.5 Å². The summed E-state index contributed by atoms with van der Waals surface area (Å²) in [4.78, 5) is 10.7. The minimum absolute atomic E-state index is 0.000556. The van der Waals surface area contributed by atoms with Crippen molar-refractivity contribution in [2.75, 3.05) is 0 Å². The second kappa shape index (κ2) is 2.74. The fraction of sp³-hybridized carbons (Fsp3) is 0. The maximum atomic E-state index is 10.7. The van der Waals surface area contributed by atoms with Crippen LogP contribution in [0.25, 0.3) is 10.1 Å². The van der Waals surface area contributed by atoms with Gasteiger partial charge >= 0.3 is 5.97 Å². The average molecular weight is 194 g/mol. The molecule has 13 heavy (non-hydrogen) atoms. The minimum Gasteiger partial charge on any atom is -0.499 e. The highest BCUT2D eigenvalue weighted by Crippen LogP contribution is 2.36. The van der Waals surface area contributed by atoms with Gasteiger partial charge in [0.25, 0.3) is 0 Å². The number of benzene rings is 1. The summed E-state index contributed by atoms with van der Waals surface area (Å²) in [7, 11) is 0. The molecule has 1 aromatic heterocycles. The summed E-state index contributed by atoms with van der Waals surface area (Å²) in [5.41, 5.74) is 0.000556. The standard InChI is InChI=1S/C9H6O3S/c10-8(11)7-5-3-1-2-4-6(5)13-9(7)12/h1-4,12H,(H,10,11). The van der Waals surface area contributed by atoms with Crippen LogP contribution in [-0.2, 0) is 0 Å². The molecular formula is C9H6O3S. The van der Waals surface area contributed by atoms with Crippen molar-refractivity contribution >= 4 is 27.4 Å². The van der Waals surface area contributed by atoms with Crippen molar-refractivity contribution in [1.29, 1.82) is 0 Å². The predicted octanol–water partition coefficient (Wildman–Crippen LogP) is 2.31. The van der Waals surface area contributed by atoms with Crippen LogP contribution in [0.15, 0.2) is 24.3 Å². The number of aromatic hydroxyl groups is 1. The van der Waals surface area contributed by atoms with E-state index in [4.69, 9.17) is 5.11 Å². The summed E-state index contributed by atoms with van der Waals surface area (Å²) in [6.45, 7) is 0. The number of carbonyl (C=O) groups is 1. The number of aromatic carboxylic acids is 1. The van der Waals surface area contributed by atoms with Crippen molar-refractivity contribution in [3.8, 4) is 5.06 Å². The molecule has 3 nitrogen and oxygen atoms in total. The Balaban J connectivity index is 2.86. The lowest BCUT2D eigenvalue weighted by Gasteiger charge is -1.91. The van der Waals surface area contributed by atoms with E-state index in [1.54, 1.807) is 18.2 Å². The number of carboxylic acid groups (broad SMARTS) is 1. The molecule has 1 aromatic carbocycles. The van der Waals surface area contributed by atoms with Gasteiger partial charge in [0.05, 0.1) is 0 Å². The highest BCUT2D eigenvalue weighted by Gasteiger charge is 2.16. The second-order valence-corrected chi connectivity index (χ2v) is 3.61. The fourth-order valence-electron chi connectivity index (χ4n) is 1.24. The largest absolute Gasteiger partial charge is 0.499 e. The monoisotopic (exact) mass is 194 g/mol. The second-order valence-electron chi connectivity index (χ2n) is 2.58. The van der Waals surface area contributed by atoms with Gasteiger partial charge in [-0.15, -0.1) is 0 Å². The first-order valence-corrected chi connectivity index (χ1v) is 4.45. The summed E-state index contributed by atoms with van der Waals surface area (Å²) in [6, 6.07) is 7.03. The summed E-state index contributed by atoms with van der Waals surface area (Å²) >= 11 is 1.08. The Morgan fingerprint density at radius 1 is 1.31 bits per heavy atom. The number of thiophene rings is 1. The molecule has 0 fully saturated rings. The maximum absolute atomic E-state index is 10.7. The van der Waals surface area contributed by atoms with Gasteiger partial charge in [-0.05, 0) is 6.07 Å². The average Bonchev–Trinajstić information content (AvgIpc) is 2.39. The molecular weight excluding hydrogens is 188 g/mol. The van der Waals surface area contributed by atoms with Crippen molar-refractivity contribution < 1.29 is 15.0 Å². The lowest BCUT2D eigenvalue weighted by atomic mass is 10.2. The highest BCUT2D eigenvalue weighted by atomic mass is 32.1. The first kappa shape index (κ1) is 8.07. The van der Waals surface area contributed by atoms with E-state index < -0.39 is 5.97 Å². The molecule has 66 valence electrons. The lowest BCUT2D eigenvalue weighted by Crippen LogP contribution is -1.93. The van der Waals surface area contributed by atoms with E-state index in [9.17, 15) is 9.90 Å². The van der Waals surface area contributed by atoms with Crippen molar-refractivity contribution in [3.05, 3.63) is 29.8 Å². The first-order chi connectivity index (χ1) is 6.20. The van der Waals surface area contributed by atoms with E-state index in [1.165, 1.54) is 0 Å². The van der Waals surface area contributed by atoms with Crippen molar-refractivity contribution in [1.82, 2.24) is 0 Å². The molecule has 0 saturated carbocycles. The zero-order chi connectivity index (χ0) is 9.42. The van der Waals surface area contributed by atoms with Gasteiger partial charge < -0.3 is 10.2 Å². The Labute approximate surface area is 77.9 Å². The summed E-state index contributed by atoms with van der Waals surface area (Å²) in [6.07, 6.45) is 0. The zero-order valence-corrected chi connectivity index (χ0v) is 7.34. The molecule has 0 aliphatic heterocycles. The van der Waals surface area contributed by atoms with Gasteiger partial charge in [-0.2, -0.15) is 0 Å². The number of hydrogen-bond donors (Lipinski definition) is 2. The van der Waals surface area contributed by atoms with Gasteiger partial charge in [0.15, 0.2) is 5.06 Å². The third kappa shape index (κ3) is 1.15. The molecule has 0 unspecified atom stereocenters. The molecule has 2 aromatic rings. The molecule has 0 atom stereocenters. The Morgan fingerprint density at radius 2 is 2.00 bits per heavy atom. The Kier molecular flexibility index (Phi) is 1.70. The molecule has 0 aliphatic carbocycles. The summed E-state index contributed by atoms with van der Waals surface area (Å²) < 4.78 is 0.789. The van der Waals surface area contributed by atoms with Crippen molar-refractivity contribution in [2.45, 2.75) is 0 Å². The van der Waals surface area contributed by atoms with Crippen LogP contribution in [0.2, 0.25) is 0 Å². The van der Waals surface area contributed by atoms with Crippen LogP contribution in [-0.4, -0.2) is 16.2 Å². The van der Waals surface area contributed by atoms with Crippen molar-refractivity contribution in [2.24, 2.45) is 0 Å². The third-order valence-electron chi connectivity index (χ3n) is 1.79. The molecule has 0 amide bonds. The molecule has 0 aliphatic rings. The molecule has 0 bridgehead atoms. The van der Waals surface area contributed by atoms with E-state index in [2.05, 4.69) is 0 Å². The van der Waals surface area contributed by atoms with Crippen LogP contribution in [0, 0.1) is 0 Å². The van der Waals surface area contributed by atoms with Crippen LogP contribution in [0.5, 0.6) is 5.06 Å². The summed E-state index contributed by atoms with van der Waals surface area (Å²) in [5.74, 6) is -1.09. The predicted molar refractivity (Wildman–Crippen MR) is 50.4 cm³/mol. The lowest BCUT2D eigenvalue weighted by molar-refractivity contribution is 0.0697. The fourth-order valence-corrected chi connectivity index (χ4v) is 2.17. The molecule has 2 rings (SSSR count). The van der Waals surface area contributed by atoms with E-state index in [0.717, 1.165) is 16.0 Å². The first-order valence-electron chi connectivity index (χ1n) is 3.64. The van der Waals surface area contributed by atoms with Gasteiger partial charge in [-0.3, -0.25) is 0 Å². The Bertz CT molecular complexity index is 473. The van der Waals surface area contributed by atoms with Gasteiger partial charge in [0.2, 0.25) is 0 Å². The van der Waals surface area contributed by atoms with Crippen LogP contribution < -0.4 is 0 Å². The van der Waals surface area contributed by atoms with E-state index in [-0.39, 0.29) is 10.6 Å². The molecule has 2 N–H and O–H groups in total. The van der Waals surface area contributed by atoms with E-state index >= 15 is 0 Å². The maximum Gasteiger partial charge on any atom is 0.341 e. The number of hydrogen-bond acceptors (Lipinski definition) is 3. The van der Waals surface area contributed by atoms with E-state index in [1.807, 2.05) is 6.07 Å². The van der Waals surface area contributed by atoms with Gasteiger partial charge in [-0.25, -0.2) is 4.79 Å².